The van der Waals surface area contributed by atoms with E-state index < -0.39 is 0 Å². The van der Waals surface area contributed by atoms with Gasteiger partial charge in [-0.1, -0.05) is 19.4 Å². The normalized spacial score (nSPS) is 10.6. The van der Waals surface area contributed by atoms with Crippen LogP contribution in [-0.4, -0.2) is 0 Å². The Labute approximate surface area is 88.4 Å². The highest BCUT2D eigenvalue weighted by Crippen LogP contribution is 2.22. The van der Waals surface area contributed by atoms with Crippen LogP contribution in [0.1, 0.15) is 47.6 Å². The SMILES string of the molecule is CCCCc1cc(C)c(C)c(C)c1C. The van der Waals surface area contributed by atoms with Crippen molar-refractivity contribution in [2.45, 2.75) is 53.9 Å². The Hall–Kier alpha value is -0.780. The molecule has 78 valence electrons. The molecule has 0 aromatic heterocycles. The maximum atomic E-state index is 2.37. The van der Waals surface area contributed by atoms with E-state index >= 15 is 0 Å². The summed E-state index contributed by atoms with van der Waals surface area (Å²) in [5, 5.41) is 0. The van der Waals surface area contributed by atoms with Crippen LogP contribution in [0.25, 0.3) is 0 Å². The van der Waals surface area contributed by atoms with Crippen LogP contribution < -0.4 is 0 Å². The van der Waals surface area contributed by atoms with Crippen molar-refractivity contribution in [3.8, 4) is 0 Å². The molecule has 0 saturated heterocycles. The van der Waals surface area contributed by atoms with E-state index in [1.54, 1.807) is 5.56 Å². The number of rotatable bonds is 3. The molecule has 0 spiro atoms. The van der Waals surface area contributed by atoms with Crippen LogP contribution >= 0.6 is 0 Å². The van der Waals surface area contributed by atoms with Crippen molar-refractivity contribution < 1.29 is 0 Å². The third kappa shape index (κ3) is 2.17. The summed E-state index contributed by atoms with van der Waals surface area (Å²) in [6.07, 6.45) is 3.83. The lowest BCUT2D eigenvalue weighted by atomic mass is 9.92. The summed E-state index contributed by atoms with van der Waals surface area (Å²) in [5.41, 5.74) is 7.44. The maximum absolute atomic E-state index is 2.37. The molecule has 0 aliphatic rings. The van der Waals surface area contributed by atoms with E-state index in [2.05, 4.69) is 40.7 Å². The number of unbranched alkanes of at least 4 members (excludes halogenated alkanes) is 1. The Morgan fingerprint density at radius 3 is 2.14 bits per heavy atom. The zero-order valence-electron chi connectivity index (χ0n) is 10.2. The van der Waals surface area contributed by atoms with E-state index in [1.165, 1.54) is 41.5 Å². The Kier molecular flexibility index (Phi) is 3.74. The maximum Gasteiger partial charge on any atom is -0.0276 e. The molecule has 1 aromatic rings. The van der Waals surface area contributed by atoms with E-state index in [-0.39, 0.29) is 0 Å². The third-order valence-electron chi connectivity index (χ3n) is 3.39. The van der Waals surface area contributed by atoms with Crippen LogP contribution in [0.3, 0.4) is 0 Å². The molecule has 0 heterocycles. The van der Waals surface area contributed by atoms with E-state index in [1.807, 2.05) is 0 Å². The molecule has 0 radical (unpaired) electrons. The zero-order valence-corrected chi connectivity index (χ0v) is 10.2. The van der Waals surface area contributed by atoms with Gasteiger partial charge < -0.3 is 0 Å². The van der Waals surface area contributed by atoms with E-state index in [0.717, 1.165) is 0 Å². The van der Waals surface area contributed by atoms with Crippen molar-refractivity contribution in [2.75, 3.05) is 0 Å². The van der Waals surface area contributed by atoms with Crippen molar-refractivity contribution in [3.63, 3.8) is 0 Å². The topological polar surface area (TPSA) is 0 Å². The summed E-state index contributed by atoms with van der Waals surface area (Å²) in [7, 11) is 0. The smallest absolute Gasteiger partial charge is 0.0276 e. The van der Waals surface area contributed by atoms with Gasteiger partial charge in [0.25, 0.3) is 0 Å². The molecule has 0 bridgehead atoms. The van der Waals surface area contributed by atoms with Crippen molar-refractivity contribution >= 4 is 0 Å². The number of aryl methyl sites for hydroxylation is 2. The minimum Gasteiger partial charge on any atom is -0.0654 e. The molecule has 0 nitrogen and oxygen atoms in total. The summed E-state index contributed by atoms with van der Waals surface area (Å²) < 4.78 is 0. The molecule has 0 heteroatoms. The predicted octanol–water partition coefficient (Wildman–Crippen LogP) is 4.26. The lowest BCUT2D eigenvalue weighted by Gasteiger charge is -2.13. The molecule has 0 saturated carbocycles. The van der Waals surface area contributed by atoms with Crippen molar-refractivity contribution in [1.82, 2.24) is 0 Å². The largest absolute Gasteiger partial charge is 0.0654 e. The summed E-state index contributed by atoms with van der Waals surface area (Å²) in [5.74, 6) is 0. The summed E-state index contributed by atoms with van der Waals surface area (Å²) in [6.45, 7) is 11.2. The van der Waals surface area contributed by atoms with Gasteiger partial charge in [-0.2, -0.15) is 0 Å². The van der Waals surface area contributed by atoms with Gasteiger partial charge in [0, 0.05) is 0 Å². The molecule has 0 aliphatic heterocycles. The van der Waals surface area contributed by atoms with Gasteiger partial charge in [0.05, 0.1) is 0 Å². The Bertz CT molecular complexity index is 321. The average molecular weight is 190 g/mol. The quantitative estimate of drug-likeness (QED) is 0.668. The van der Waals surface area contributed by atoms with Crippen LogP contribution in [0.15, 0.2) is 6.07 Å². The molecule has 0 amide bonds. The standard InChI is InChI=1S/C14H22/c1-6-7-8-14-9-10(2)11(3)12(4)13(14)5/h9H,6-8H2,1-5H3. The molecule has 0 fully saturated rings. The molecule has 1 rings (SSSR count). The number of hydrogen-bond donors (Lipinski definition) is 0. The molecular weight excluding hydrogens is 168 g/mol. The number of benzene rings is 1. The van der Waals surface area contributed by atoms with Gasteiger partial charge in [0.15, 0.2) is 0 Å². The first-order valence-electron chi connectivity index (χ1n) is 5.64. The van der Waals surface area contributed by atoms with Gasteiger partial charge >= 0.3 is 0 Å². The summed E-state index contributed by atoms with van der Waals surface area (Å²) in [4.78, 5) is 0. The predicted molar refractivity (Wildman–Crippen MR) is 64.0 cm³/mol. The fourth-order valence-electron chi connectivity index (χ4n) is 1.92. The van der Waals surface area contributed by atoms with Gasteiger partial charge in [-0.25, -0.2) is 0 Å². The molecule has 14 heavy (non-hydrogen) atoms. The lowest BCUT2D eigenvalue weighted by molar-refractivity contribution is 0.789. The number of hydrogen-bond acceptors (Lipinski definition) is 0. The van der Waals surface area contributed by atoms with Crippen LogP contribution in [-0.2, 0) is 6.42 Å². The van der Waals surface area contributed by atoms with E-state index in [0.29, 0.717) is 0 Å². The molecule has 0 aliphatic carbocycles. The molecular formula is C14H22. The third-order valence-corrected chi connectivity index (χ3v) is 3.39. The summed E-state index contributed by atoms with van der Waals surface area (Å²) >= 11 is 0. The van der Waals surface area contributed by atoms with Gasteiger partial charge in [0.1, 0.15) is 0 Å². The van der Waals surface area contributed by atoms with Crippen LogP contribution in [0.4, 0.5) is 0 Å². The fourth-order valence-corrected chi connectivity index (χ4v) is 1.92. The van der Waals surface area contributed by atoms with E-state index in [4.69, 9.17) is 0 Å². The Balaban J connectivity index is 3.06. The van der Waals surface area contributed by atoms with Crippen LogP contribution in [0, 0.1) is 27.7 Å². The minimum atomic E-state index is 1.24. The minimum absolute atomic E-state index is 1.24. The molecule has 0 atom stereocenters. The second-order valence-electron chi connectivity index (χ2n) is 4.33. The van der Waals surface area contributed by atoms with Gasteiger partial charge in [-0.05, 0) is 68.4 Å². The Morgan fingerprint density at radius 2 is 1.57 bits per heavy atom. The van der Waals surface area contributed by atoms with Gasteiger partial charge in [-0.15, -0.1) is 0 Å². The highest BCUT2D eigenvalue weighted by molar-refractivity contribution is 5.43. The fraction of sp³-hybridized carbons (Fsp3) is 0.571. The Morgan fingerprint density at radius 1 is 0.929 bits per heavy atom. The summed E-state index contributed by atoms with van der Waals surface area (Å²) in [6, 6.07) is 2.37. The average Bonchev–Trinajstić information content (AvgIpc) is 2.18. The van der Waals surface area contributed by atoms with Gasteiger partial charge in [-0.3, -0.25) is 0 Å². The van der Waals surface area contributed by atoms with Crippen molar-refractivity contribution in [1.29, 1.82) is 0 Å². The highest BCUT2D eigenvalue weighted by atomic mass is 14.1. The first-order chi connectivity index (χ1) is 6.57. The molecule has 0 unspecified atom stereocenters. The monoisotopic (exact) mass is 190 g/mol. The van der Waals surface area contributed by atoms with Crippen LogP contribution in [0.5, 0.6) is 0 Å². The first-order valence-corrected chi connectivity index (χ1v) is 5.64. The van der Waals surface area contributed by atoms with Crippen molar-refractivity contribution in [2.24, 2.45) is 0 Å². The second-order valence-corrected chi connectivity index (χ2v) is 4.33. The second kappa shape index (κ2) is 4.63. The lowest BCUT2D eigenvalue weighted by Crippen LogP contribution is -1.97. The highest BCUT2D eigenvalue weighted by Gasteiger charge is 2.06. The van der Waals surface area contributed by atoms with Crippen LogP contribution in [0.2, 0.25) is 0 Å². The zero-order chi connectivity index (χ0) is 10.7. The molecule has 1 aromatic carbocycles. The van der Waals surface area contributed by atoms with E-state index in [9.17, 15) is 0 Å². The van der Waals surface area contributed by atoms with Gasteiger partial charge in [0.2, 0.25) is 0 Å². The molecule has 0 N–H and O–H groups in total. The van der Waals surface area contributed by atoms with Crippen molar-refractivity contribution in [3.05, 3.63) is 33.9 Å². The first kappa shape index (κ1) is 11.3.